The maximum atomic E-state index is 11.7. The van der Waals surface area contributed by atoms with Gasteiger partial charge in [0.15, 0.2) is 21.3 Å². The standard InChI is InChI=1S/C12H13NO6S/c1-20(16,17)10-9(12(10,13)11(14)15)6-2-3-7-8(4-6)19-5-18-7/h2-4,9-10H,5,13H2,1H3,(H,14,15)/t9-,10+,12+/m0/s1. The van der Waals surface area contributed by atoms with Crippen LogP contribution >= 0.6 is 0 Å². The van der Waals surface area contributed by atoms with E-state index >= 15 is 0 Å². The summed E-state index contributed by atoms with van der Waals surface area (Å²) in [7, 11) is -3.57. The Balaban J connectivity index is 2.04. The summed E-state index contributed by atoms with van der Waals surface area (Å²) in [6.07, 6.45) is 0.995. The molecule has 8 heteroatoms. The summed E-state index contributed by atoms with van der Waals surface area (Å²) in [6.45, 7) is 0.0889. The van der Waals surface area contributed by atoms with Gasteiger partial charge in [0.2, 0.25) is 6.79 Å². The normalized spacial score (nSPS) is 31.1. The predicted octanol–water partition coefficient (Wildman–Crippen LogP) is -0.292. The highest BCUT2D eigenvalue weighted by molar-refractivity contribution is 7.91. The molecule has 0 unspecified atom stereocenters. The fourth-order valence-corrected chi connectivity index (χ4v) is 4.54. The first-order valence-electron chi connectivity index (χ1n) is 5.87. The van der Waals surface area contributed by atoms with Crippen LogP contribution < -0.4 is 15.2 Å². The predicted molar refractivity (Wildman–Crippen MR) is 68.5 cm³/mol. The van der Waals surface area contributed by atoms with E-state index in [9.17, 15) is 18.3 Å². The number of carbonyl (C=O) groups is 1. The zero-order chi connectivity index (χ0) is 14.7. The quantitative estimate of drug-likeness (QED) is 0.787. The Labute approximate surface area is 115 Å². The fraction of sp³-hybridized carbons (Fsp3) is 0.417. The number of fused-ring (bicyclic) bond motifs is 1. The molecule has 3 rings (SSSR count). The van der Waals surface area contributed by atoms with Gasteiger partial charge in [-0.15, -0.1) is 0 Å². The first-order chi connectivity index (χ1) is 9.26. The molecule has 0 amide bonds. The highest BCUT2D eigenvalue weighted by atomic mass is 32.2. The van der Waals surface area contributed by atoms with Gasteiger partial charge in [0.05, 0.1) is 5.25 Å². The first-order valence-corrected chi connectivity index (χ1v) is 7.82. The average Bonchev–Trinajstić information content (AvgIpc) is 2.79. The average molecular weight is 299 g/mol. The van der Waals surface area contributed by atoms with Gasteiger partial charge in [-0.25, -0.2) is 8.42 Å². The van der Waals surface area contributed by atoms with Gasteiger partial charge in [-0.05, 0) is 17.7 Å². The lowest BCUT2D eigenvalue weighted by atomic mass is 10.1. The molecule has 3 N–H and O–H groups in total. The van der Waals surface area contributed by atoms with Crippen molar-refractivity contribution in [1.82, 2.24) is 0 Å². The Kier molecular flexibility index (Phi) is 2.55. The maximum Gasteiger partial charge on any atom is 0.325 e. The van der Waals surface area contributed by atoms with E-state index in [2.05, 4.69) is 0 Å². The summed E-state index contributed by atoms with van der Waals surface area (Å²) in [5, 5.41) is 8.09. The largest absolute Gasteiger partial charge is 0.480 e. The number of carboxylic acids is 1. The second-order valence-corrected chi connectivity index (χ2v) is 7.25. The SMILES string of the molecule is CS(=O)(=O)[C@@H]1[C@H](c2ccc3c(c2)OCO3)[C@]1(N)C(=O)O. The molecular formula is C12H13NO6S. The molecule has 1 fully saturated rings. The molecule has 2 aliphatic rings. The third kappa shape index (κ3) is 1.68. The third-order valence-electron chi connectivity index (χ3n) is 3.77. The van der Waals surface area contributed by atoms with Crippen LogP contribution in [-0.4, -0.2) is 43.3 Å². The van der Waals surface area contributed by atoms with Gasteiger partial charge < -0.3 is 20.3 Å². The number of benzene rings is 1. The molecule has 0 spiro atoms. The molecule has 1 saturated carbocycles. The molecule has 0 saturated heterocycles. The van der Waals surface area contributed by atoms with Crippen molar-refractivity contribution in [2.75, 3.05) is 13.0 Å². The van der Waals surface area contributed by atoms with Crippen LogP contribution in [0.4, 0.5) is 0 Å². The lowest BCUT2D eigenvalue weighted by molar-refractivity contribution is -0.139. The Morgan fingerprint density at radius 1 is 1.40 bits per heavy atom. The van der Waals surface area contributed by atoms with Crippen LogP contribution in [0.5, 0.6) is 11.5 Å². The lowest BCUT2D eigenvalue weighted by Crippen LogP contribution is -2.39. The van der Waals surface area contributed by atoms with E-state index in [0.717, 1.165) is 6.26 Å². The summed E-state index contributed by atoms with van der Waals surface area (Å²) < 4.78 is 33.8. The zero-order valence-electron chi connectivity index (χ0n) is 10.6. The fourth-order valence-electron chi connectivity index (χ4n) is 2.79. The highest BCUT2D eigenvalue weighted by Gasteiger charge is 2.73. The van der Waals surface area contributed by atoms with Crippen molar-refractivity contribution >= 4 is 15.8 Å². The van der Waals surface area contributed by atoms with E-state index in [1.807, 2.05) is 0 Å². The van der Waals surface area contributed by atoms with E-state index in [4.69, 9.17) is 15.2 Å². The van der Waals surface area contributed by atoms with E-state index in [1.165, 1.54) is 0 Å². The van der Waals surface area contributed by atoms with Crippen molar-refractivity contribution in [1.29, 1.82) is 0 Å². The van der Waals surface area contributed by atoms with Gasteiger partial charge in [0.25, 0.3) is 0 Å². The molecule has 3 atom stereocenters. The third-order valence-corrected chi connectivity index (χ3v) is 5.35. The molecule has 0 aromatic heterocycles. The molecule has 0 radical (unpaired) electrons. The number of carboxylic acid groups (broad SMARTS) is 1. The summed E-state index contributed by atoms with van der Waals surface area (Å²) in [5.74, 6) is -1.10. The number of hydrogen-bond donors (Lipinski definition) is 2. The molecule has 7 nitrogen and oxygen atoms in total. The second-order valence-electron chi connectivity index (χ2n) is 5.08. The summed E-state index contributed by atoms with van der Waals surface area (Å²) in [5.41, 5.74) is 4.52. The number of ether oxygens (including phenoxy) is 2. The van der Waals surface area contributed by atoms with Crippen molar-refractivity contribution < 1.29 is 27.8 Å². The number of nitrogens with two attached hydrogens (primary N) is 1. The van der Waals surface area contributed by atoms with Crippen LogP contribution in [0.1, 0.15) is 11.5 Å². The van der Waals surface area contributed by atoms with E-state index in [-0.39, 0.29) is 6.79 Å². The molecule has 1 aliphatic carbocycles. The van der Waals surface area contributed by atoms with Crippen LogP contribution in [0.2, 0.25) is 0 Å². The van der Waals surface area contributed by atoms with Crippen LogP contribution in [0.15, 0.2) is 18.2 Å². The van der Waals surface area contributed by atoms with Crippen molar-refractivity contribution in [3.05, 3.63) is 23.8 Å². The minimum Gasteiger partial charge on any atom is -0.480 e. The van der Waals surface area contributed by atoms with Gasteiger partial charge in [-0.3, -0.25) is 4.79 Å². The molecule has 0 bridgehead atoms. The smallest absolute Gasteiger partial charge is 0.325 e. The van der Waals surface area contributed by atoms with E-state index in [0.29, 0.717) is 17.1 Å². The second kappa shape index (κ2) is 3.86. The molecule has 1 aliphatic heterocycles. The number of hydrogen-bond acceptors (Lipinski definition) is 6. The summed E-state index contributed by atoms with van der Waals surface area (Å²) in [6, 6.07) is 4.83. The first kappa shape index (κ1) is 13.2. The minimum absolute atomic E-state index is 0.0889. The Morgan fingerprint density at radius 3 is 2.60 bits per heavy atom. The van der Waals surface area contributed by atoms with Crippen molar-refractivity contribution in [3.8, 4) is 11.5 Å². The number of sulfone groups is 1. The van der Waals surface area contributed by atoms with Gasteiger partial charge >= 0.3 is 5.97 Å². The lowest BCUT2D eigenvalue weighted by Gasteiger charge is -2.05. The van der Waals surface area contributed by atoms with Crippen LogP contribution in [0.3, 0.4) is 0 Å². The van der Waals surface area contributed by atoms with Crippen LogP contribution in [-0.2, 0) is 14.6 Å². The van der Waals surface area contributed by atoms with Gasteiger partial charge in [0.1, 0.15) is 5.54 Å². The Hall–Kier alpha value is -1.80. The molecule has 1 heterocycles. The summed E-state index contributed by atoms with van der Waals surface area (Å²) >= 11 is 0. The Bertz CT molecular complexity index is 700. The maximum absolute atomic E-state index is 11.7. The molecule has 20 heavy (non-hydrogen) atoms. The van der Waals surface area contributed by atoms with Gasteiger partial charge in [-0.1, -0.05) is 6.07 Å². The molecule has 1 aromatic carbocycles. The monoisotopic (exact) mass is 299 g/mol. The number of aliphatic carboxylic acids is 1. The van der Waals surface area contributed by atoms with Crippen LogP contribution in [0, 0.1) is 0 Å². The van der Waals surface area contributed by atoms with Gasteiger partial charge in [-0.2, -0.15) is 0 Å². The topological polar surface area (TPSA) is 116 Å². The highest BCUT2D eigenvalue weighted by Crippen LogP contribution is 2.55. The van der Waals surface area contributed by atoms with E-state index < -0.39 is 32.5 Å². The number of rotatable bonds is 3. The Morgan fingerprint density at radius 2 is 2.05 bits per heavy atom. The zero-order valence-corrected chi connectivity index (χ0v) is 11.4. The van der Waals surface area contributed by atoms with E-state index in [1.54, 1.807) is 18.2 Å². The molecule has 108 valence electrons. The van der Waals surface area contributed by atoms with Crippen molar-refractivity contribution in [2.45, 2.75) is 16.7 Å². The minimum atomic E-state index is -3.57. The van der Waals surface area contributed by atoms with Gasteiger partial charge in [0, 0.05) is 12.2 Å². The van der Waals surface area contributed by atoms with Crippen molar-refractivity contribution in [3.63, 3.8) is 0 Å². The summed E-state index contributed by atoms with van der Waals surface area (Å²) in [4.78, 5) is 11.3. The van der Waals surface area contributed by atoms with Crippen molar-refractivity contribution in [2.24, 2.45) is 5.73 Å². The molecular weight excluding hydrogens is 286 g/mol. The molecule has 1 aromatic rings. The van der Waals surface area contributed by atoms with Crippen LogP contribution in [0.25, 0.3) is 0 Å².